The summed E-state index contributed by atoms with van der Waals surface area (Å²) in [5, 5.41) is 20.8. The Morgan fingerprint density at radius 1 is 1.38 bits per heavy atom. The van der Waals surface area contributed by atoms with E-state index in [-0.39, 0.29) is 24.3 Å². The molecule has 2 rings (SSSR count). The minimum absolute atomic E-state index is 0.0156. The second-order valence-electron chi connectivity index (χ2n) is 4.56. The van der Waals surface area contributed by atoms with Crippen LogP contribution in [0.1, 0.15) is 12.8 Å². The first kappa shape index (κ1) is 11.3. The summed E-state index contributed by atoms with van der Waals surface area (Å²) in [5.74, 6) is -0.738. The number of aliphatic hydroxyl groups excluding tert-OH is 1. The Morgan fingerprint density at radius 3 is 2.56 bits per heavy atom. The minimum atomic E-state index is -0.813. The van der Waals surface area contributed by atoms with Crippen molar-refractivity contribution in [3.05, 3.63) is 0 Å². The van der Waals surface area contributed by atoms with E-state index in [0.717, 1.165) is 0 Å². The number of nitrogens with one attached hydrogen (secondary N) is 1. The van der Waals surface area contributed by atoms with Gasteiger partial charge in [0.1, 0.15) is 0 Å². The summed E-state index contributed by atoms with van der Waals surface area (Å²) >= 11 is 0. The molecule has 16 heavy (non-hydrogen) atoms. The number of carboxylic acid groups (broad SMARTS) is 1. The smallest absolute Gasteiger partial charge is 0.303 e. The zero-order valence-corrected chi connectivity index (χ0v) is 8.93. The van der Waals surface area contributed by atoms with E-state index >= 15 is 0 Å². The quantitative estimate of drug-likeness (QED) is 0.555. The number of carbonyl (C=O) groups is 2. The monoisotopic (exact) mass is 228 g/mol. The zero-order valence-electron chi connectivity index (χ0n) is 8.93. The maximum Gasteiger partial charge on any atom is 0.303 e. The minimum Gasteiger partial charge on any atom is -0.481 e. The summed E-state index contributed by atoms with van der Waals surface area (Å²) in [4.78, 5) is 23.9. The molecule has 2 fully saturated rings. The van der Waals surface area contributed by atoms with Crippen LogP contribution in [0.5, 0.6) is 0 Å². The molecule has 2 aliphatic rings. The zero-order chi connectivity index (χ0) is 11.7. The van der Waals surface area contributed by atoms with Crippen molar-refractivity contribution in [1.82, 2.24) is 10.2 Å². The maximum atomic E-state index is 11.8. The van der Waals surface area contributed by atoms with Crippen LogP contribution in [-0.2, 0) is 9.59 Å². The molecule has 0 aliphatic carbocycles. The molecule has 0 aromatic carbocycles. The van der Waals surface area contributed by atoms with Crippen LogP contribution in [0.15, 0.2) is 0 Å². The van der Waals surface area contributed by atoms with Crippen molar-refractivity contribution >= 4 is 11.9 Å². The molecule has 2 aliphatic heterocycles. The van der Waals surface area contributed by atoms with Gasteiger partial charge in [0, 0.05) is 25.6 Å². The first-order chi connectivity index (χ1) is 7.56. The van der Waals surface area contributed by atoms with E-state index in [9.17, 15) is 14.7 Å². The first-order valence-electron chi connectivity index (χ1n) is 5.48. The Labute approximate surface area is 93.2 Å². The van der Waals surface area contributed by atoms with Crippen LogP contribution in [0, 0.1) is 5.92 Å². The first-order valence-corrected chi connectivity index (χ1v) is 5.48. The molecule has 2 unspecified atom stereocenters. The molecular formula is C10H16N2O4. The second kappa shape index (κ2) is 4.39. The normalized spacial score (nSPS) is 30.2. The Balaban J connectivity index is 1.75. The number of rotatable bonds is 3. The molecule has 0 bridgehead atoms. The van der Waals surface area contributed by atoms with Gasteiger partial charge in [0.2, 0.25) is 5.91 Å². The SMILES string of the molecule is O=C(O)CC1CN(C(=O)C2CC(O)CN2)C1. The van der Waals surface area contributed by atoms with Crippen LogP contribution in [0.25, 0.3) is 0 Å². The van der Waals surface area contributed by atoms with Gasteiger partial charge in [-0.3, -0.25) is 9.59 Å². The van der Waals surface area contributed by atoms with Crippen LogP contribution in [-0.4, -0.2) is 58.8 Å². The van der Waals surface area contributed by atoms with E-state index in [2.05, 4.69) is 5.32 Å². The van der Waals surface area contributed by atoms with Crippen molar-refractivity contribution in [2.45, 2.75) is 25.0 Å². The van der Waals surface area contributed by atoms with Gasteiger partial charge in [-0.25, -0.2) is 0 Å². The molecular weight excluding hydrogens is 212 g/mol. The van der Waals surface area contributed by atoms with E-state index in [1.54, 1.807) is 4.90 Å². The second-order valence-corrected chi connectivity index (χ2v) is 4.56. The number of β-amino-alcohol motifs (C(OH)–C–C–N with tert-alkyl or cyclic N) is 1. The third kappa shape index (κ3) is 2.33. The highest BCUT2D eigenvalue weighted by Crippen LogP contribution is 2.21. The number of aliphatic hydroxyl groups is 1. The van der Waals surface area contributed by atoms with E-state index in [0.29, 0.717) is 26.1 Å². The van der Waals surface area contributed by atoms with Gasteiger partial charge in [-0.05, 0) is 6.42 Å². The van der Waals surface area contributed by atoms with Crippen LogP contribution in [0.4, 0.5) is 0 Å². The maximum absolute atomic E-state index is 11.8. The lowest BCUT2D eigenvalue weighted by Crippen LogP contribution is -2.55. The predicted molar refractivity (Wildman–Crippen MR) is 54.7 cm³/mol. The Kier molecular flexibility index (Phi) is 3.11. The lowest BCUT2D eigenvalue weighted by molar-refractivity contribution is -0.146. The summed E-state index contributed by atoms with van der Waals surface area (Å²) in [7, 11) is 0. The van der Waals surface area contributed by atoms with Gasteiger partial charge in [-0.2, -0.15) is 0 Å². The standard InChI is InChI=1S/C10H16N2O4/c13-7-2-8(11-3-7)10(16)12-4-6(5-12)1-9(14)15/h6-8,11,13H,1-5H2,(H,14,15). The van der Waals surface area contributed by atoms with Crippen molar-refractivity contribution in [3.63, 3.8) is 0 Å². The van der Waals surface area contributed by atoms with Crippen molar-refractivity contribution in [1.29, 1.82) is 0 Å². The number of carboxylic acids is 1. The molecule has 90 valence electrons. The molecule has 0 spiro atoms. The van der Waals surface area contributed by atoms with Gasteiger partial charge >= 0.3 is 5.97 Å². The van der Waals surface area contributed by atoms with E-state index in [1.807, 2.05) is 0 Å². The average Bonchev–Trinajstić information content (AvgIpc) is 2.56. The highest BCUT2D eigenvalue weighted by atomic mass is 16.4. The topological polar surface area (TPSA) is 89.9 Å². The van der Waals surface area contributed by atoms with Gasteiger partial charge < -0.3 is 20.4 Å². The average molecular weight is 228 g/mol. The van der Waals surface area contributed by atoms with Crippen LogP contribution in [0.3, 0.4) is 0 Å². The fourth-order valence-corrected chi connectivity index (χ4v) is 2.25. The molecule has 0 aromatic heterocycles. The molecule has 3 N–H and O–H groups in total. The molecule has 0 aromatic rings. The summed E-state index contributed by atoms with van der Waals surface area (Å²) < 4.78 is 0. The summed E-state index contributed by atoms with van der Waals surface area (Å²) in [5.41, 5.74) is 0. The van der Waals surface area contributed by atoms with E-state index in [4.69, 9.17) is 5.11 Å². The van der Waals surface area contributed by atoms with Crippen LogP contribution in [0.2, 0.25) is 0 Å². The lowest BCUT2D eigenvalue weighted by atomic mass is 9.95. The Bertz CT molecular complexity index is 301. The van der Waals surface area contributed by atoms with Crippen molar-refractivity contribution in [2.75, 3.05) is 19.6 Å². The summed E-state index contributed by atoms with van der Waals surface area (Å²) in [6.07, 6.45) is 0.147. The Hall–Kier alpha value is -1.14. The molecule has 6 nitrogen and oxygen atoms in total. The summed E-state index contributed by atoms with van der Waals surface area (Å²) in [6.45, 7) is 1.52. The fraction of sp³-hybridized carbons (Fsp3) is 0.800. The number of aliphatic carboxylic acids is 1. The molecule has 0 radical (unpaired) electrons. The highest BCUT2D eigenvalue weighted by molar-refractivity contribution is 5.83. The largest absolute Gasteiger partial charge is 0.481 e. The number of hydrogen-bond donors (Lipinski definition) is 3. The highest BCUT2D eigenvalue weighted by Gasteiger charge is 2.37. The van der Waals surface area contributed by atoms with E-state index in [1.165, 1.54) is 0 Å². The summed E-state index contributed by atoms with van der Waals surface area (Å²) in [6, 6.07) is -0.291. The number of likely N-dealkylation sites (tertiary alicyclic amines) is 1. The lowest BCUT2D eigenvalue weighted by Gasteiger charge is -2.39. The molecule has 2 atom stereocenters. The molecule has 2 saturated heterocycles. The third-order valence-corrected chi connectivity index (χ3v) is 3.14. The number of nitrogens with zero attached hydrogens (tertiary/aromatic N) is 1. The Morgan fingerprint density at radius 2 is 2.06 bits per heavy atom. The molecule has 2 heterocycles. The van der Waals surface area contributed by atoms with Gasteiger partial charge in [-0.1, -0.05) is 0 Å². The van der Waals surface area contributed by atoms with Crippen molar-refractivity contribution in [3.8, 4) is 0 Å². The third-order valence-electron chi connectivity index (χ3n) is 3.14. The van der Waals surface area contributed by atoms with E-state index < -0.39 is 12.1 Å². The number of amides is 1. The molecule has 1 amide bonds. The van der Waals surface area contributed by atoms with Gasteiger partial charge in [0.25, 0.3) is 0 Å². The van der Waals surface area contributed by atoms with Crippen LogP contribution >= 0.6 is 0 Å². The van der Waals surface area contributed by atoms with Gasteiger partial charge in [-0.15, -0.1) is 0 Å². The van der Waals surface area contributed by atoms with Gasteiger partial charge in [0.05, 0.1) is 18.6 Å². The fourth-order valence-electron chi connectivity index (χ4n) is 2.25. The molecule has 0 saturated carbocycles. The number of hydrogen-bond acceptors (Lipinski definition) is 4. The number of carbonyl (C=O) groups excluding carboxylic acids is 1. The van der Waals surface area contributed by atoms with Crippen LogP contribution < -0.4 is 5.32 Å². The van der Waals surface area contributed by atoms with Crippen molar-refractivity contribution in [2.24, 2.45) is 5.92 Å². The predicted octanol–water partition coefficient (Wildman–Crippen LogP) is -1.36. The molecule has 6 heteroatoms. The van der Waals surface area contributed by atoms with Crippen molar-refractivity contribution < 1.29 is 19.8 Å². The van der Waals surface area contributed by atoms with Gasteiger partial charge in [0.15, 0.2) is 0 Å².